The molecule has 0 aliphatic rings. The second-order valence-electron chi connectivity index (χ2n) is 3.88. The third-order valence-electron chi connectivity index (χ3n) is 2.59. The summed E-state index contributed by atoms with van der Waals surface area (Å²) in [7, 11) is 1.69. The van der Waals surface area contributed by atoms with Crippen LogP contribution in [0.5, 0.6) is 5.75 Å². The summed E-state index contributed by atoms with van der Waals surface area (Å²) in [6.07, 6.45) is 1.88. The van der Waals surface area contributed by atoms with Gasteiger partial charge in [-0.3, -0.25) is 0 Å². The summed E-state index contributed by atoms with van der Waals surface area (Å²) in [5, 5.41) is 13.4. The van der Waals surface area contributed by atoms with Crippen LogP contribution in [0, 0.1) is 0 Å². The summed E-state index contributed by atoms with van der Waals surface area (Å²) in [4.78, 5) is 0. The van der Waals surface area contributed by atoms with Crippen molar-refractivity contribution < 1.29 is 4.74 Å². The third-order valence-corrected chi connectivity index (χ3v) is 3.62. The maximum atomic E-state index is 5.20. The molecule has 0 saturated heterocycles. The zero-order valence-electron chi connectivity index (χ0n) is 10.6. The number of benzene rings is 1. The van der Waals surface area contributed by atoms with Crippen LogP contribution in [0.3, 0.4) is 0 Å². The molecule has 0 atom stereocenters. The maximum Gasteiger partial charge on any atom is 0.205 e. The standard InChI is InChI=1S/C13H17N3OS/c1-3-12-15-16-13(18-12)14-8-7-10-5-4-6-11(9-10)17-2/h4-6,9H,3,7-8H2,1-2H3,(H,14,16). The highest BCUT2D eigenvalue weighted by atomic mass is 32.1. The van der Waals surface area contributed by atoms with Gasteiger partial charge in [0.05, 0.1) is 7.11 Å². The number of hydrogen-bond acceptors (Lipinski definition) is 5. The van der Waals surface area contributed by atoms with Crippen molar-refractivity contribution in [3.05, 3.63) is 34.8 Å². The number of ether oxygens (including phenoxy) is 1. The smallest absolute Gasteiger partial charge is 0.205 e. The average Bonchev–Trinajstić information content (AvgIpc) is 2.87. The number of rotatable bonds is 6. The molecule has 1 aromatic heterocycles. The van der Waals surface area contributed by atoms with E-state index in [2.05, 4.69) is 34.6 Å². The van der Waals surface area contributed by atoms with E-state index in [1.54, 1.807) is 18.4 Å². The highest BCUT2D eigenvalue weighted by Crippen LogP contribution is 2.16. The highest BCUT2D eigenvalue weighted by Gasteiger charge is 2.01. The molecule has 0 bridgehead atoms. The van der Waals surface area contributed by atoms with Crippen LogP contribution in [0.15, 0.2) is 24.3 Å². The van der Waals surface area contributed by atoms with Crippen molar-refractivity contribution in [2.45, 2.75) is 19.8 Å². The summed E-state index contributed by atoms with van der Waals surface area (Å²) < 4.78 is 5.20. The number of methoxy groups -OCH3 is 1. The molecule has 18 heavy (non-hydrogen) atoms. The van der Waals surface area contributed by atoms with Crippen LogP contribution >= 0.6 is 11.3 Å². The van der Waals surface area contributed by atoms with Crippen LogP contribution in [0.4, 0.5) is 5.13 Å². The zero-order chi connectivity index (χ0) is 12.8. The lowest BCUT2D eigenvalue weighted by atomic mass is 10.1. The molecular weight excluding hydrogens is 246 g/mol. The van der Waals surface area contributed by atoms with Gasteiger partial charge in [-0.1, -0.05) is 30.4 Å². The van der Waals surface area contributed by atoms with Crippen LogP contribution in [0.25, 0.3) is 0 Å². The summed E-state index contributed by atoms with van der Waals surface area (Å²) in [5.41, 5.74) is 1.25. The first kappa shape index (κ1) is 12.8. The molecule has 4 nitrogen and oxygen atoms in total. The van der Waals surface area contributed by atoms with Gasteiger partial charge in [0.15, 0.2) is 0 Å². The molecular formula is C13H17N3OS. The van der Waals surface area contributed by atoms with E-state index in [1.807, 2.05) is 12.1 Å². The maximum absolute atomic E-state index is 5.20. The predicted octanol–water partition coefficient (Wildman–Crippen LogP) is 2.76. The molecule has 1 heterocycles. The van der Waals surface area contributed by atoms with Gasteiger partial charge in [0.25, 0.3) is 0 Å². The van der Waals surface area contributed by atoms with E-state index in [9.17, 15) is 0 Å². The number of nitrogens with one attached hydrogen (secondary N) is 1. The fraction of sp³-hybridized carbons (Fsp3) is 0.385. The quantitative estimate of drug-likeness (QED) is 0.870. The van der Waals surface area contributed by atoms with Gasteiger partial charge in [0.2, 0.25) is 5.13 Å². The van der Waals surface area contributed by atoms with Crippen LogP contribution in [0.2, 0.25) is 0 Å². The Hall–Kier alpha value is -1.62. The summed E-state index contributed by atoms with van der Waals surface area (Å²) in [6.45, 7) is 2.94. The van der Waals surface area contributed by atoms with Gasteiger partial charge in [-0.15, -0.1) is 10.2 Å². The normalized spacial score (nSPS) is 10.3. The first-order chi connectivity index (χ1) is 8.81. The van der Waals surface area contributed by atoms with E-state index in [4.69, 9.17) is 4.74 Å². The van der Waals surface area contributed by atoms with Crippen molar-refractivity contribution in [2.75, 3.05) is 19.0 Å². The Bertz CT molecular complexity index is 498. The minimum atomic E-state index is 0.853. The van der Waals surface area contributed by atoms with E-state index in [0.29, 0.717) is 0 Å². The molecule has 1 N–H and O–H groups in total. The summed E-state index contributed by atoms with van der Waals surface area (Å²) >= 11 is 1.62. The molecule has 96 valence electrons. The molecule has 0 amide bonds. The molecule has 0 spiro atoms. The number of aryl methyl sites for hydroxylation is 1. The Balaban J connectivity index is 1.84. The lowest BCUT2D eigenvalue weighted by Crippen LogP contribution is -2.04. The lowest BCUT2D eigenvalue weighted by Gasteiger charge is -2.04. The molecule has 2 rings (SSSR count). The summed E-state index contributed by atoms with van der Waals surface area (Å²) in [5.74, 6) is 0.900. The monoisotopic (exact) mass is 263 g/mol. The number of anilines is 1. The molecule has 0 saturated carbocycles. The third kappa shape index (κ3) is 3.43. The highest BCUT2D eigenvalue weighted by molar-refractivity contribution is 7.15. The number of nitrogens with zero attached hydrogens (tertiary/aromatic N) is 2. The Kier molecular flexibility index (Phi) is 4.52. The van der Waals surface area contributed by atoms with E-state index in [0.717, 1.165) is 35.3 Å². The van der Waals surface area contributed by atoms with Crippen molar-refractivity contribution in [3.63, 3.8) is 0 Å². The lowest BCUT2D eigenvalue weighted by molar-refractivity contribution is 0.414. The minimum absolute atomic E-state index is 0.853. The number of aromatic nitrogens is 2. The van der Waals surface area contributed by atoms with Gasteiger partial charge >= 0.3 is 0 Å². The SMILES string of the molecule is CCc1nnc(NCCc2cccc(OC)c2)s1. The fourth-order valence-corrected chi connectivity index (χ4v) is 2.31. The van der Waals surface area contributed by atoms with Crippen molar-refractivity contribution >= 4 is 16.5 Å². The predicted molar refractivity (Wildman–Crippen MR) is 74.5 cm³/mol. The molecule has 0 radical (unpaired) electrons. The van der Waals surface area contributed by atoms with Crippen LogP contribution in [-0.2, 0) is 12.8 Å². The minimum Gasteiger partial charge on any atom is -0.497 e. The van der Waals surface area contributed by atoms with Gasteiger partial charge in [0.1, 0.15) is 10.8 Å². The molecule has 0 fully saturated rings. The van der Waals surface area contributed by atoms with Gasteiger partial charge in [-0.05, 0) is 30.5 Å². The Labute approximate surface area is 111 Å². The molecule has 1 aromatic carbocycles. The first-order valence-electron chi connectivity index (χ1n) is 6.01. The molecule has 0 aliphatic carbocycles. The molecule has 0 aliphatic heterocycles. The Morgan fingerprint density at radius 1 is 1.33 bits per heavy atom. The van der Waals surface area contributed by atoms with Gasteiger partial charge < -0.3 is 10.1 Å². The average molecular weight is 263 g/mol. The molecule has 5 heteroatoms. The van der Waals surface area contributed by atoms with E-state index in [1.165, 1.54) is 5.56 Å². The Morgan fingerprint density at radius 3 is 2.94 bits per heavy atom. The second-order valence-corrected chi connectivity index (χ2v) is 4.94. The summed E-state index contributed by atoms with van der Waals surface area (Å²) in [6, 6.07) is 8.12. The fourth-order valence-electron chi connectivity index (χ4n) is 1.61. The van der Waals surface area contributed by atoms with Crippen LogP contribution < -0.4 is 10.1 Å². The van der Waals surface area contributed by atoms with E-state index >= 15 is 0 Å². The van der Waals surface area contributed by atoms with Crippen LogP contribution in [-0.4, -0.2) is 23.9 Å². The van der Waals surface area contributed by atoms with Gasteiger partial charge in [-0.2, -0.15) is 0 Å². The van der Waals surface area contributed by atoms with Crippen molar-refractivity contribution in [2.24, 2.45) is 0 Å². The van der Waals surface area contributed by atoms with E-state index < -0.39 is 0 Å². The van der Waals surface area contributed by atoms with Gasteiger partial charge in [-0.25, -0.2) is 0 Å². The van der Waals surface area contributed by atoms with Crippen molar-refractivity contribution in [3.8, 4) is 5.75 Å². The van der Waals surface area contributed by atoms with Gasteiger partial charge in [0, 0.05) is 6.54 Å². The van der Waals surface area contributed by atoms with Crippen molar-refractivity contribution in [1.29, 1.82) is 0 Å². The molecule has 0 unspecified atom stereocenters. The molecule has 2 aromatic rings. The van der Waals surface area contributed by atoms with E-state index in [-0.39, 0.29) is 0 Å². The first-order valence-corrected chi connectivity index (χ1v) is 6.82. The topological polar surface area (TPSA) is 47.0 Å². The van der Waals surface area contributed by atoms with Crippen molar-refractivity contribution in [1.82, 2.24) is 10.2 Å². The largest absolute Gasteiger partial charge is 0.497 e. The zero-order valence-corrected chi connectivity index (χ0v) is 11.5. The second kappa shape index (κ2) is 6.35. The Morgan fingerprint density at radius 2 is 2.22 bits per heavy atom. The number of hydrogen-bond donors (Lipinski definition) is 1. The van der Waals surface area contributed by atoms with Crippen LogP contribution in [0.1, 0.15) is 17.5 Å².